The summed E-state index contributed by atoms with van der Waals surface area (Å²) >= 11 is 0. The average molecular weight is 1050 g/mol. The molecule has 0 aliphatic heterocycles. The largest absolute Gasteiger partial charge is 0.514 e. The third-order valence-corrected chi connectivity index (χ3v) is 10.2. The number of carbonyl (C=O) groups is 6. The third-order valence-electron chi connectivity index (χ3n) is 10.2. The summed E-state index contributed by atoms with van der Waals surface area (Å²) < 4.78 is 46.9. The molecule has 0 aromatic heterocycles. The van der Waals surface area contributed by atoms with Crippen molar-refractivity contribution in [2.75, 3.05) is 0 Å². The van der Waals surface area contributed by atoms with Crippen molar-refractivity contribution in [3.05, 3.63) is 89.5 Å². The molecule has 0 saturated heterocycles. The number of para-hydroxylation sites is 1. The summed E-state index contributed by atoms with van der Waals surface area (Å²) in [5.41, 5.74) is -0.420. The van der Waals surface area contributed by atoms with E-state index in [1.165, 1.54) is 0 Å². The topological polar surface area (TPSA) is 222 Å². The first kappa shape index (κ1) is 60.8. The number of hydrogen-bond acceptors (Lipinski definition) is 15. The molecule has 0 heterocycles. The molecular weight excluding hydrogens is 967 g/mol. The second kappa shape index (κ2) is 24.3. The van der Waals surface area contributed by atoms with Gasteiger partial charge in [-0.2, -0.15) is 0 Å². The van der Waals surface area contributed by atoms with Gasteiger partial charge in [0.15, 0.2) is 0 Å². The highest BCUT2D eigenvalue weighted by atomic mass is 16.7. The maximum atomic E-state index is 11.9. The summed E-state index contributed by atoms with van der Waals surface area (Å²) in [5, 5.41) is 8.57. The molecule has 3 aromatic rings. The van der Waals surface area contributed by atoms with Crippen molar-refractivity contribution in [1.29, 1.82) is 0 Å². The van der Waals surface area contributed by atoms with E-state index in [0.717, 1.165) is 36.0 Å². The minimum absolute atomic E-state index is 0.0294. The van der Waals surface area contributed by atoms with Crippen molar-refractivity contribution >= 4 is 36.7 Å². The van der Waals surface area contributed by atoms with Gasteiger partial charge in [-0.25, -0.2) is 28.8 Å². The van der Waals surface area contributed by atoms with Crippen LogP contribution >= 0.6 is 0 Å². The molecule has 3 amide bonds. The SMILES string of the molecule is CC(C)(C)OC(=O)N[C@@H]1C[C@H]1c1ccc(OC(=O)OC(C)(C)C)cc1.CC(C)(C)OC(=O)N[C@@H]1C[C@H]1c1cccc(OC(=O)OC(C)(C)C)c1.CC(C)(C)OC(=O)N[C@@H]1C[C@H]1c1ccccc1OC(=O)OC(C)(C)C. The molecule has 0 spiro atoms. The summed E-state index contributed by atoms with van der Waals surface area (Å²) in [5.74, 6) is 1.84. The molecule has 75 heavy (non-hydrogen) atoms. The minimum Gasteiger partial charge on any atom is -0.444 e. The quantitative estimate of drug-likeness (QED) is 0.103. The summed E-state index contributed by atoms with van der Waals surface area (Å²) in [6.07, 6.45) is -0.983. The Morgan fingerprint density at radius 3 is 1.16 bits per heavy atom. The predicted octanol–water partition coefficient (Wildman–Crippen LogP) is 13.1. The zero-order chi connectivity index (χ0) is 56.5. The van der Waals surface area contributed by atoms with Crippen LogP contribution in [0.1, 0.15) is 178 Å². The maximum absolute atomic E-state index is 11.9. The number of ether oxygens (including phenoxy) is 9. The van der Waals surface area contributed by atoms with Crippen LogP contribution < -0.4 is 30.2 Å². The predicted molar refractivity (Wildman–Crippen MR) is 281 cm³/mol. The number of benzene rings is 3. The van der Waals surface area contributed by atoms with Crippen LogP contribution in [-0.4, -0.2) is 88.5 Å². The Bertz CT molecular complexity index is 2450. The normalized spacial score (nSPS) is 19.8. The van der Waals surface area contributed by atoms with Crippen LogP contribution in [0.15, 0.2) is 72.8 Å². The van der Waals surface area contributed by atoms with E-state index in [4.69, 9.17) is 42.6 Å². The van der Waals surface area contributed by atoms with Crippen molar-refractivity contribution in [3.63, 3.8) is 0 Å². The van der Waals surface area contributed by atoms with Crippen LogP contribution in [0.2, 0.25) is 0 Å². The molecule has 18 nitrogen and oxygen atoms in total. The molecule has 3 N–H and O–H groups in total. The van der Waals surface area contributed by atoms with Gasteiger partial charge >= 0.3 is 36.7 Å². The van der Waals surface area contributed by atoms with Gasteiger partial charge in [-0.15, -0.1) is 0 Å². The van der Waals surface area contributed by atoms with Gasteiger partial charge < -0.3 is 58.6 Å². The molecule has 0 bridgehead atoms. The van der Waals surface area contributed by atoms with E-state index in [-0.39, 0.29) is 35.9 Å². The first-order chi connectivity index (χ1) is 34.3. The van der Waals surface area contributed by atoms with Crippen molar-refractivity contribution in [2.45, 2.75) is 213 Å². The Kier molecular flexibility index (Phi) is 19.7. The number of nitrogens with one attached hydrogen (secondary N) is 3. The van der Waals surface area contributed by atoms with Gasteiger partial charge in [-0.05, 0) is 185 Å². The molecule has 3 aromatic carbocycles. The molecule has 414 valence electrons. The third kappa shape index (κ3) is 24.5. The van der Waals surface area contributed by atoms with E-state index in [1.807, 2.05) is 98.7 Å². The molecule has 3 fully saturated rings. The maximum Gasteiger partial charge on any atom is 0.514 e. The highest BCUT2D eigenvalue weighted by molar-refractivity contribution is 5.71. The zero-order valence-corrected chi connectivity index (χ0v) is 47.1. The van der Waals surface area contributed by atoms with Gasteiger partial charge in [0, 0.05) is 41.4 Å². The Labute approximate surface area is 442 Å². The second-order valence-corrected chi connectivity index (χ2v) is 24.7. The fourth-order valence-corrected chi connectivity index (χ4v) is 7.09. The van der Waals surface area contributed by atoms with E-state index in [2.05, 4.69) is 16.0 Å². The summed E-state index contributed by atoms with van der Waals surface area (Å²) in [7, 11) is 0. The number of hydrogen-bond donors (Lipinski definition) is 3. The first-order valence-electron chi connectivity index (χ1n) is 25.3. The molecule has 6 atom stereocenters. The van der Waals surface area contributed by atoms with Crippen molar-refractivity contribution in [2.24, 2.45) is 0 Å². The molecule has 3 aliphatic carbocycles. The Hall–Kier alpha value is -6.72. The lowest BCUT2D eigenvalue weighted by molar-refractivity contribution is 0.0191. The van der Waals surface area contributed by atoms with Crippen molar-refractivity contribution in [3.8, 4) is 17.2 Å². The zero-order valence-electron chi connectivity index (χ0n) is 47.1. The number of amides is 3. The fraction of sp³-hybridized carbons (Fsp3) is 0.579. The Balaban J connectivity index is 0.000000243. The number of carbonyl (C=O) groups excluding carboxylic acids is 6. The summed E-state index contributed by atoms with van der Waals surface area (Å²) in [6, 6.07) is 21.9. The van der Waals surface area contributed by atoms with Crippen molar-refractivity contribution < 1.29 is 71.4 Å². The summed E-state index contributed by atoms with van der Waals surface area (Å²) in [6.45, 7) is 32.5. The monoisotopic (exact) mass is 1050 g/mol. The highest BCUT2D eigenvalue weighted by Crippen LogP contribution is 2.45. The Morgan fingerprint density at radius 1 is 0.373 bits per heavy atom. The minimum atomic E-state index is -0.739. The van der Waals surface area contributed by atoms with Gasteiger partial charge in [0.2, 0.25) is 0 Å². The highest BCUT2D eigenvalue weighted by Gasteiger charge is 2.43. The smallest absolute Gasteiger partial charge is 0.444 e. The number of rotatable bonds is 9. The van der Waals surface area contributed by atoms with Gasteiger partial charge in [0.1, 0.15) is 50.9 Å². The van der Waals surface area contributed by atoms with Gasteiger partial charge in [0.05, 0.1) is 0 Å². The van der Waals surface area contributed by atoms with Crippen LogP contribution in [0, 0.1) is 0 Å². The van der Waals surface area contributed by atoms with E-state index in [0.29, 0.717) is 17.2 Å². The lowest BCUT2D eigenvalue weighted by atomic mass is 10.1. The molecular formula is C57H81N3O15. The molecule has 6 rings (SSSR count). The van der Waals surface area contributed by atoms with Gasteiger partial charge in [0.25, 0.3) is 0 Å². The van der Waals surface area contributed by atoms with E-state index < -0.39 is 70.4 Å². The summed E-state index contributed by atoms with van der Waals surface area (Å²) in [4.78, 5) is 70.7. The molecule has 3 aliphatic rings. The second-order valence-electron chi connectivity index (χ2n) is 24.7. The van der Waals surface area contributed by atoms with Gasteiger partial charge in [-0.1, -0.05) is 42.5 Å². The molecule has 0 unspecified atom stereocenters. The molecule has 18 heteroatoms. The lowest BCUT2D eigenvalue weighted by Crippen LogP contribution is -2.34. The Morgan fingerprint density at radius 2 is 0.733 bits per heavy atom. The van der Waals surface area contributed by atoms with Crippen LogP contribution in [0.5, 0.6) is 17.2 Å². The lowest BCUT2D eigenvalue weighted by Gasteiger charge is -2.20. The molecule has 3 saturated carbocycles. The first-order valence-corrected chi connectivity index (χ1v) is 25.3. The number of alkyl carbamates (subject to hydrolysis) is 3. The van der Waals surface area contributed by atoms with Crippen LogP contribution in [-0.2, 0) is 28.4 Å². The van der Waals surface area contributed by atoms with Crippen LogP contribution in [0.3, 0.4) is 0 Å². The molecule has 0 radical (unpaired) electrons. The van der Waals surface area contributed by atoms with Crippen LogP contribution in [0.4, 0.5) is 28.8 Å². The van der Waals surface area contributed by atoms with E-state index >= 15 is 0 Å². The average Bonchev–Trinajstić information content (AvgIpc) is 4.12. The van der Waals surface area contributed by atoms with E-state index in [1.54, 1.807) is 98.7 Å². The van der Waals surface area contributed by atoms with Crippen LogP contribution in [0.25, 0.3) is 0 Å². The standard InChI is InChI=1S/3C19H27NO5/c1-18(2,3)24-16(21)20-15-11-14(15)12-7-9-13(10-8-12)23-17(22)25-19(4,5)6;1-18(2,3)24-16(21)20-15-11-14(15)12-8-7-9-13(10-12)23-17(22)25-19(4,5)6;1-18(2,3)24-16(21)20-14-11-13(14)12-9-7-8-10-15(12)23-17(22)25-19(4,5)6/h2*7-10,14-15H,11H2,1-6H3,(H,20,21);7-10,13-14H,11H2,1-6H3,(H,20,21)/t2*14-,15+;13-,14+/m000/s1. The van der Waals surface area contributed by atoms with E-state index in [9.17, 15) is 28.8 Å². The van der Waals surface area contributed by atoms with Crippen molar-refractivity contribution in [1.82, 2.24) is 16.0 Å². The van der Waals surface area contributed by atoms with Gasteiger partial charge in [-0.3, -0.25) is 0 Å². The fourth-order valence-electron chi connectivity index (χ4n) is 7.09.